The van der Waals surface area contributed by atoms with E-state index in [1.165, 1.54) is 18.3 Å². The van der Waals surface area contributed by atoms with Crippen molar-refractivity contribution in [3.05, 3.63) is 57.3 Å². The molecule has 0 aliphatic carbocycles. The summed E-state index contributed by atoms with van der Waals surface area (Å²) in [6.45, 7) is 3.69. The van der Waals surface area contributed by atoms with Crippen molar-refractivity contribution >= 4 is 17.7 Å². The van der Waals surface area contributed by atoms with Gasteiger partial charge in [0.25, 0.3) is 5.69 Å². The summed E-state index contributed by atoms with van der Waals surface area (Å²) < 4.78 is 0. The molecular formula is C14H12N3O3-. The third-order valence-electron chi connectivity index (χ3n) is 2.74. The van der Waals surface area contributed by atoms with Crippen molar-refractivity contribution in [2.75, 3.05) is 0 Å². The van der Waals surface area contributed by atoms with Crippen LogP contribution in [0, 0.1) is 24.0 Å². The average Bonchev–Trinajstić information content (AvgIpc) is 2.41. The second kappa shape index (κ2) is 5.48. The zero-order valence-electron chi connectivity index (χ0n) is 11.0. The number of nitro benzene ring substituents is 1. The molecule has 2 rings (SSSR count). The molecule has 0 aliphatic heterocycles. The molecule has 2 aromatic rings. The Morgan fingerprint density at radius 3 is 2.70 bits per heavy atom. The monoisotopic (exact) mass is 270 g/mol. The average molecular weight is 270 g/mol. The summed E-state index contributed by atoms with van der Waals surface area (Å²) in [6.07, 6.45) is 1.31. The number of hydrogen-bond acceptors (Lipinski definition) is 5. The Hall–Kier alpha value is -2.76. The number of non-ortho nitro benzene ring substituents is 1. The minimum atomic E-state index is -0.549. The van der Waals surface area contributed by atoms with Crippen LogP contribution in [0.5, 0.6) is 5.75 Å². The number of hydrogen-bond donors (Lipinski definition) is 0. The highest BCUT2D eigenvalue weighted by atomic mass is 16.6. The summed E-state index contributed by atoms with van der Waals surface area (Å²) in [5.74, 6) is 0.181. The first-order valence-electron chi connectivity index (χ1n) is 5.91. The first kappa shape index (κ1) is 13.7. The molecule has 0 saturated carbocycles. The number of nitrogens with zero attached hydrogens (tertiary/aromatic N) is 3. The molecule has 0 unspecified atom stereocenters. The summed E-state index contributed by atoms with van der Waals surface area (Å²) in [4.78, 5) is 18.5. The Morgan fingerprint density at radius 2 is 2.00 bits per heavy atom. The molecule has 1 heterocycles. The number of rotatable bonds is 3. The normalized spacial score (nSPS) is 10.9. The quantitative estimate of drug-likeness (QED) is 0.486. The van der Waals surface area contributed by atoms with Gasteiger partial charge >= 0.3 is 0 Å². The van der Waals surface area contributed by atoms with Crippen LogP contribution in [0.2, 0.25) is 0 Å². The maximum atomic E-state index is 11.6. The Balaban J connectivity index is 2.38. The minimum Gasteiger partial charge on any atom is -0.872 e. The van der Waals surface area contributed by atoms with Crippen LogP contribution in [0.25, 0.3) is 0 Å². The maximum Gasteiger partial charge on any atom is 0.270 e. The minimum absolute atomic E-state index is 0.139. The summed E-state index contributed by atoms with van der Waals surface area (Å²) in [6, 6.07) is 7.28. The smallest absolute Gasteiger partial charge is 0.270 e. The van der Waals surface area contributed by atoms with E-state index in [-0.39, 0.29) is 17.0 Å². The van der Waals surface area contributed by atoms with Gasteiger partial charge in [-0.25, -0.2) is 9.98 Å². The molecule has 1 aromatic heterocycles. The Kier molecular flexibility index (Phi) is 3.74. The Morgan fingerprint density at radius 1 is 1.25 bits per heavy atom. The molecule has 0 bridgehead atoms. The van der Waals surface area contributed by atoms with Crippen molar-refractivity contribution in [3.63, 3.8) is 0 Å². The third kappa shape index (κ3) is 2.97. The highest BCUT2D eigenvalue weighted by Gasteiger charge is 2.05. The molecule has 6 heteroatoms. The lowest BCUT2D eigenvalue weighted by Gasteiger charge is -2.08. The molecule has 0 amide bonds. The van der Waals surface area contributed by atoms with E-state index in [1.54, 1.807) is 0 Å². The summed E-state index contributed by atoms with van der Waals surface area (Å²) in [7, 11) is 0. The number of nitro groups is 1. The van der Waals surface area contributed by atoms with Crippen molar-refractivity contribution in [2.45, 2.75) is 13.8 Å². The first-order chi connectivity index (χ1) is 9.47. The fourth-order valence-corrected chi connectivity index (χ4v) is 1.62. The number of aliphatic imine (C=N–C) groups is 1. The zero-order valence-corrected chi connectivity index (χ0v) is 11.0. The topological polar surface area (TPSA) is 91.5 Å². The predicted octanol–water partition coefficient (Wildman–Crippen LogP) is 2.43. The molecular weight excluding hydrogens is 258 g/mol. The largest absolute Gasteiger partial charge is 0.872 e. The van der Waals surface area contributed by atoms with E-state index in [1.807, 2.05) is 26.0 Å². The van der Waals surface area contributed by atoms with Crippen molar-refractivity contribution < 1.29 is 10.0 Å². The second-order valence-electron chi connectivity index (χ2n) is 4.33. The molecule has 20 heavy (non-hydrogen) atoms. The van der Waals surface area contributed by atoms with Crippen molar-refractivity contribution in [2.24, 2.45) is 4.99 Å². The lowest BCUT2D eigenvalue weighted by Crippen LogP contribution is -1.98. The highest BCUT2D eigenvalue weighted by molar-refractivity contribution is 5.86. The fraction of sp³-hybridized carbons (Fsp3) is 0.143. The van der Waals surface area contributed by atoms with Gasteiger partial charge in [-0.3, -0.25) is 10.1 Å². The van der Waals surface area contributed by atoms with Gasteiger partial charge in [-0.15, -0.1) is 0 Å². The van der Waals surface area contributed by atoms with E-state index in [0.717, 1.165) is 17.3 Å². The molecule has 0 aliphatic rings. The van der Waals surface area contributed by atoms with E-state index >= 15 is 0 Å². The number of aromatic nitrogens is 1. The highest BCUT2D eigenvalue weighted by Crippen LogP contribution is 2.21. The third-order valence-corrected chi connectivity index (χ3v) is 2.74. The van der Waals surface area contributed by atoms with Gasteiger partial charge < -0.3 is 5.11 Å². The van der Waals surface area contributed by atoms with Crippen LogP contribution in [0.1, 0.15) is 16.8 Å². The molecule has 0 saturated heterocycles. The molecule has 1 aromatic carbocycles. The van der Waals surface area contributed by atoms with Gasteiger partial charge in [-0.1, -0.05) is 17.9 Å². The van der Waals surface area contributed by atoms with Crippen LogP contribution in [0.3, 0.4) is 0 Å². The van der Waals surface area contributed by atoms with Crippen LogP contribution in [-0.2, 0) is 0 Å². The van der Waals surface area contributed by atoms with Crippen LogP contribution in [0.15, 0.2) is 35.3 Å². The van der Waals surface area contributed by atoms with Gasteiger partial charge in [-0.2, -0.15) is 0 Å². The molecule has 0 radical (unpaired) electrons. The van der Waals surface area contributed by atoms with Crippen molar-refractivity contribution in [1.29, 1.82) is 0 Å². The van der Waals surface area contributed by atoms with E-state index in [9.17, 15) is 15.2 Å². The second-order valence-corrected chi connectivity index (χ2v) is 4.33. The summed E-state index contributed by atoms with van der Waals surface area (Å²) in [5, 5.41) is 22.3. The lowest BCUT2D eigenvalue weighted by atomic mass is 10.2. The van der Waals surface area contributed by atoms with Gasteiger partial charge in [0, 0.05) is 24.0 Å². The van der Waals surface area contributed by atoms with Crippen LogP contribution in [-0.4, -0.2) is 16.1 Å². The van der Waals surface area contributed by atoms with Gasteiger partial charge in [0.05, 0.1) is 4.92 Å². The van der Waals surface area contributed by atoms with E-state index in [4.69, 9.17) is 0 Å². The Labute approximate surface area is 115 Å². The lowest BCUT2D eigenvalue weighted by molar-refractivity contribution is -0.385. The standard InChI is InChI=1S/C14H13N3O3/c1-9-3-4-10(2)16-14(9)15-8-11-7-12(17(19)20)5-6-13(11)18/h3-8,18H,1-2H3/p-1. The molecule has 0 atom stereocenters. The van der Waals surface area contributed by atoms with E-state index in [2.05, 4.69) is 9.98 Å². The number of aryl methyl sites for hydroxylation is 2. The van der Waals surface area contributed by atoms with Gasteiger partial charge in [-0.05, 0) is 31.0 Å². The molecule has 0 spiro atoms. The molecule has 6 nitrogen and oxygen atoms in total. The van der Waals surface area contributed by atoms with E-state index in [0.29, 0.717) is 5.82 Å². The van der Waals surface area contributed by atoms with Crippen LogP contribution in [0.4, 0.5) is 11.5 Å². The van der Waals surface area contributed by atoms with Crippen molar-refractivity contribution in [3.8, 4) is 5.75 Å². The Bertz CT molecular complexity index is 696. The number of pyridine rings is 1. The predicted molar refractivity (Wildman–Crippen MR) is 73.5 cm³/mol. The zero-order chi connectivity index (χ0) is 14.7. The van der Waals surface area contributed by atoms with Gasteiger partial charge in [0.2, 0.25) is 0 Å². The van der Waals surface area contributed by atoms with E-state index < -0.39 is 4.92 Å². The molecule has 102 valence electrons. The maximum absolute atomic E-state index is 11.6. The summed E-state index contributed by atoms with van der Waals surface area (Å²) >= 11 is 0. The molecule has 0 N–H and O–H groups in total. The van der Waals surface area contributed by atoms with Crippen LogP contribution >= 0.6 is 0 Å². The SMILES string of the molecule is Cc1ccc(C)c(N=Cc2cc([N+](=O)[O-])ccc2[O-])n1. The fourth-order valence-electron chi connectivity index (χ4n) is 1.62. The first-order valence-corrected chi connectivity index (χ1v) is 5.91. The van der Waals surface area contributed by atoms with Gasteiger partial charge in [0.15, 0.2) is 5.82 Å². The number of benzene rings is 1. The van der Waals surface area contributed by atoms with Crippen molar-refractivity contribution in [1.82, 2.24) is 4.98 Å². The van der Waals surface area contributed by atoms with Crippen LogP contribution < -0.4 is 5.11 Å². The summed E-state index contributed by atoms with van der Waals surface area (Å²) in [5.41, 5.74) is 1.70. The van der Waals surface area contributed by atoms with Gasteiger partial charge in [0.1, 0.15) is 0 Å². The molecule has 0 fully saturated rings.